The fourth-order valence-corrected chi connectivity index (χ4v) is 2.78. The summed E-state index contributed by atoms with van der Waals surface area (Å²) in [4.78, 5) is 16.4. The maximum absolute atomic E-state index is 12.9. The molecule has 2 heterocycles. The van der Waals surface area contributed by atoms with Crippen LogP contribution in [0, 0.1) is 5.82 Å². The molecule has 0 bridgehead atoms. The van der Waals surface area contributed by atoms with Gasteiger partial charge in [-0.15, -0.1) is 0 Å². The molecule has 0 aliphatic carbocycles. The van der Waals surface area contributed by atoms with Crippen LogP contribution in [0.2, 0.25) is 0 Å². The lowest BCUT2D eigenvalue weighted by atomic mass is 10.3. The summed E-state index contributed by atoms with van der Waals surface area (Å²) in [7, 11) is 0. The number of aromatic nitrogens is 2. The third kappa shape index (κ3) is 5.72. The van der Waals surface area contributed by atoms with Gasteiger partial charge in [-0.1, -0.05) is 0 Å². The van der Waals surface area contributed by atoms with Gasteiger partial charge in [-0.2, -0.15) is 0 Å². The predicted molar refractivity (Wildman–Crippen MR) is 112 cm³/mol. The zero-order valence-electron chi connectivity index (χ0n) is 16.5. The Hall–Kier alpha value is -4.07. The van der Waals surface area contributed by atoms with Gasteiger partial charge in [-0.05, 0) is 60.7 Å². The number of benzene rings is 2. The van der Waals surface area contributed by atoms with Gasteiger partial charge in [0.25, 0.3) is 5.91 Å². The molecule has 2 aromatic carbocycles. The number of halogens is 1. The van der Waals surface area contributed by atoms with Gasteiger partial charge in [0.05, 0.1) is 12.9 Å². The Kier molecular flexibility index (Phi) is 6.27. The minimum Gasteiger partial charge on any atom is -0.492 e. The second-order valence-corrected chi connectivity index (χ2v) is 6.64. The van der Waals surface area contributed by atoms with Crippen molar-refractivity contribution in [3.63, 3.8) is 0 Å². The summed E-state index contributed by atoms with van der Waals surface area (Å²) in [6, 6.07) is 16.0. The van der Waals surface area contributed by atoms with Crippen molar-refractivity contribution in [2.45, 2.75) is 13.2 Å². The number of nitrogens with one attached hydrogen (secondary N) is 1. The normalized spacial score (nSPS) is 10.6. The van der Waals surface area contributed by atoms with Crippen LogP contribution in [0.3, 0.4) is 0 Å². The highest BCUT2D eigenvalue weighted by molar-refractivity contribution is 6.02. The van der Waals surface area contributed by atoms with Gasteiger partial charge in [-0.25, -0.2) is 9.37 Å². The van der Waals surface area contributed by atoms with Crippen molar-refractivity contribution in [1.29, 1.82) is 0 Å². The Morgan fingerprint density at radius 1 is 1.00 bits per heavy atom. The number of amides is 1. The van der Waals surface area contributed by atoms with Crippen molar-refractivity contribution in [3.8, 4) is 11.5 Å². The summed E-state index contributed by atoms with van der Waals surface area (Å²) in [6.45, 7) is 1.34. The molecule has 8 heteroatoms. The van der Waals surface area contributed by atoms with E-state index in [1.54, 1.807) is 48.9 Å². The molecule has 0 saturated heterocycles. The largest absolute Gasteiger partial charge is 0.492 e. The minimum absolute atomic E-state index is 0.129. The quantitative estimate of drug-likeness (QED) is 0.430. The van der Waals surface area contributed by atoms with E-state index < -0.39 is 0 Å². The molecule has 0 unspecified atom stereocenters. The summed E-state index contributed by atoms with van der Waals surface area (Å²) in [5.41, 5.74) is 0.618. The van der Waals surface area contributed by atoms with Crippen molar-refractivity contribution in [1.82, 2.24) is 9.55 Å². The first-order valence-corrected chi connectivity index (χ1v) is 9.63. The second kappa shape index (κ2) is 9.62. The lowest BCUT2D eigenvalue weighted by Gasteiger charge is -2.08. The highest BCUT2D eigenvalue weighted by Crippen LogP contribution is 2.18. The molecule has 2 aromatic heterocycles. The van der Waals surface area contributed by atoms with Crippen LogP contribution in [0.15, 0.2) is 83.8 Å². The van der Waals surface area contributed by atoms with Crippen LogP contribution in [0.5, 0.6) is 11.5 Å². The lowest BCUT2D eigenvalue weighted by Crippen LogP contribution is -2.11. The standard InChI is InChI=1S/C23H20FN3O4/c24-17-1-5-20(6-2-17)30-15-21-9-10-22(31-21)23(28)26-18-3-7-19(8-4-18)29-14-13-27-12-11-25-16-27/h1-12,16H,13-15H2,(H,26,28). The average molecular weight is 421 g/mol. The molecule has 0 atom stereocenters. The van der Waals surface area contributed by atoms with E-state index >= 15 is 0 Å². The highest BCUT2D eigenvalue weighted by atomic mass is 19.1. The molecule has 0 saturated carbocycles. The van der Waals surface area contributed by atoms with E-state index in [0.29, 0.717) is 36.1 Å². The smallest absolute Gasteiger partial charge is 0.291 e. The molecule has 1 N–H and O–H groups in total. The molecular weight excluding hydrogens is 401 g/mol. The Bertz CT molecular complexity index is 1110. The van der Waals surface area contributed by atoms with Gasteiger partial charge in [0.2, 0.25) is 0 Å². The van der Waals surface area contributed by atoms with Crippen LogP contribution in [0.25, 0.3) is 0 Å². The summed E-state index contributed by atoms with van der Waals surface area (Å²) >= 11 is 0. The van der Waals surface area contributed by atoms with Crippen LogP contribution in [-0.2, 0) is 13.2 Å². The van der Waals surface area contributed by atoms with Crippen molar-refractivity contribution >= 4 is 11.6 Å². The Morgan fingerprint density at radius 3 is 2.48 bits per heavy atom. The zero-order valence-corrected chi connectivity index (χ0v) is 16.5. The SMILES string of the molecule is O=C(Nc1ccc(OCCn2ccnc2)cc1)c1ccc(COc2ccc(F)cc2)o1. The van der Waals surface area contributed by atoms with E-state index in [1.165, 1.54) is 24.3 Å². The predicted octanol–water partition coefficient (Wildman–Crippen LogP) is 4.53. The molecule has 0 aliphatic rings. The van der Waals surface area contributed by atoms with Gasteiger partial charge in [-0.3, -0.25) is 4.79 Å². The molecule has 1 amide bonds. The van der Waals surface area contributed by atoms with Crippen molar-refractivity contribution in [2.24, 2.45) is 0 Å². The second-order valence-electron chi connectivity index (χ2n) is 6.64. The molecule has 158 valence electrons. The van der Waals surface area contributed by atoms with Gasteiger partial charge in [0.1, 0.15) is 36.3 Å². The van der Waals surface area contributed by atoms with Crippen LogP contribution < -0.4 is 14.8 Å². The van der Waals surface area contributed by atoms with Crippen molar-refractivity contribution in [2.75, 3.05) is 11.9 Å². The molecular formula is C23H20FN3O4. The Balaban J connectivity index is 1.25. The summed E-state index contributed by atoms with van der Waals surface area (Å²) in [5, 5.41) is 2.77. The number of nitrogens with zero attached hydrogens (tertiary/aromatic N) is 2. The monoisotopic (exact) mass is 421 g/mol. The molecule has 0 radical (unpaired) electrons. The summed E-state index contributed by atoms with van der Waals surface area (Å²) in [6.07, 6.45) is 5.33. The number of furan rings is 1. The van der Waals surface area contributed by atoms with Gasteiger partial charge >= 0.3 is 0 Å². The van der Waals surface area contributed by atoms with E-state index in [4.69, 9.17) is 13.9 Å². The number of carbonyl (C=O) groups is 1. The van der Waals surface area contributed by atoms with Crippen molar-refractivity contribution < 1.29 is 23.1 Å². The average Bonchev–Trinajstić information content (AvgIpc) is 3.47. The third-order valence-electron chi connectivity index (χ3n) is 4.37. The summed E-state index contributed by atoms with van der Waals surface area (Å²) < 4.78 is 31.6. The molecule has 0 spiro atoms. The van der Waals surface area contributed by atoms with Gasteiger partial charge in [0.15, 0.2) is 5.76 Å². The maximum Gasteiger partial charge on any atom is 0.291 e. The van der Waals surface area contributed by atoms with E-state index in [1.807, 2.05) is 10.8 Å². The molecule has 0 fully saturated rings. The summed E-state index contributed by atoms with van der Waals surface area (Å²) in [5.74, 6) is 1.15. The van der Waals surface area contributed by atoms with Crippen LogP contribution in [0.4, 0.5) is 10.1 Å². The number of imidazole rings is 1. The van der Waals surface area contributed by atoms with E-state index in [-0.39, 0.29) is 24.1 Å². The fourth-order valence-electron chi connectivity index (χ4n) is 2.78. The molecule has 4 rings (SSSR count). The number of anilines is 1. The van der Waals surface area contributed by atoms with Gasteiger partial charge in [0, 0.05) is 18.1 Å². The first-order chi connectivity index (χ1) is 15.2. The number of ether oxygens (including phenoxy) is 2. The number of rotatable bonds is 9. The van der Waals surface area contributed by atoms with Crippen LogP contribution in [0.1, 0.15) is 16.3 Å². The number of carbonyl (C=O) groups excluding carboxylic acids is 1. The van der Waals surface area contributed by atoms with Crippen molar-refractivity contribution in [3.05, 3.63) is 96.7 Å². The number of hydrogen-bond acceptors (Lipinski definition) is 5. The zero-order chi connectivity index (χ0) is 21.5. The van der Waals surface area contributed by atoms with E-state index in [9.17, 15) is 9.18 Å². The minimum atomic E-state index is -0.373. The molecule has 0 aliphatic heterocycles. The molecule has 31 heavy (non-hydrogen) atoms. The first-order valence-electron chi connectivity index (χ1n) is 9.63. The molecule has 7 nitrogen and oxygen atoms in total. The topological polar surface area (TPSA) is 78.5 Å². The third-order valence-corrected chi connectivity index (χ3v) is 4.37. The lowest BCUT2D eigenvalue weighted by molar-refractivity contribution is 0.0992. The Labute approximate surface area is 178 Å². The first kappa shape index (κ1) is 20.2. The van der Waals surface area contributed by atoms with Crippen LogP contribution in [-0.4, -0.2) is 22.1 Å². The van der Waals surface area contributed by atoms with E-state index in [0.717, 1.165) is 0 Å². The molecule has 4 aromatic rings. The van der Waals surface area contributed by atoms with E-state index in [2.05, 4.69) is 10.3 Å². The number of hydrogen-bond donors (Lipinski definition) is 1. The highest BCUT2D eigenvalue weighted by Gasteiger charge is 2.12. The maximum atomic E-state index is 12.9. The fraction of sp³-hybridized carbons (Fsp3) is 0.130. The van der Waals surface area contributed by atoms with Gasteiger partial charge < -0.3 is 23.8 Å². The Morgan fingerprint density at radius 2 is 1.74 bits per heavy atom. The van der Waals surface area contributed by atoms with Crippen LogP contribution >= 0.6 is 0 Å².